The van der Waals surface area contributed by atoms with Gasteiger partial charge in [-0.1, -0.05) is 204 Å². The van der Waals surface area contributed by atoms with Crippen LogP contribution in [0.25, 0.3) is 44.8 Å². The first-order valence-corrected chi connectivity index (χ1v) is 17.6. The van der Waals surface area contributed by atoms with Gasteiger partial charge in [0.1, 0.15) is 0 Å². The quantitative estimate of drug-likeness (QED) is 0.0661. The van der Waals surface area contributed by atoms with E-state index in [0.717, 1.165) is 0 Å². The van der Waals surface area contributed by atoms with Crippen LogP contribution in [0.3, 0.4) is 0 Å². The maximum atomic E-state index is 2.37. The fraction of sp³-hybridized carbons (Fsp3) is 0.261. The van der Waals surface area contributed by atoms with Gasteiger partial charge >= 0.3 is 0 Å². The molecule has 0 nitrogen and oxygen atoms in total. The summed E-state index contributed by atoms with van der Waals surface area (Å²) in [6.07, 6.45) is 19.3. The van der Waals surface area contributed by atoms with E-state index in [1.165, 1.54) is 120 Å². The van der Waals surface area contributed by atoms with Crippen molar-refractivity contribution in [3.05, 3.63) is 156 Å². The molecule has 0 saturated carbocycles. The van der Waals surface area contributed by atoms with Gasteiger partial charge in [0.05, 0.1) is 0 Å². The largest absolute Gasteiger partial charge is 0.0654 e. The maximum Gasteiger partial charge on any atom is -0.00989 e. The average molecular weight is 603 g/mol. The van der Waals surface area contributed by atoms with E-state index in [1.54, 1.807) is 0 Å². The van der Waals surface area contributed by atoms with Crippen LogP contribution in [-0.4, -0.2) is 0 Å². The minimum Gasteiger partial charge on any atom is -0.0654 e. The smallest absolute Gasteiger partial charge is 0.00989 e. The molecule has 46 heavy (non-hydrogen) atoms. The van der Waals surface area contributed by atoms with E-state index in [1.807, 2.05) is 36.4 Å². The van der Waals surface area contributed by atoms with Crippen LogP contribution in [-0.2, 0) is 6.42 Å². The highest BCUT2D eigenvalue weighted by Gasteiger charge is 2.09. The van der Waals surface area contributed by atoms with E-state index in [9.17, 15) is 0 Å². The second kappa shape index (κ2) is 18.5. The van der Waals surface area contributed by atoms with Gasteiger partial charge in [-0.05, 0) is 74.3 Å². The van der Waals surface area contributed by atoms with Gasteiger partial charge in [0.15, 0.2) is 0 Å². The third-order valence-corrected chi connectivity index (χ3v) is 8.92. The van der Waals surface area contributed by atoms with Gasteiger partial charge in [0.25, 0.3) is 0 Å². The first-order chi connectivity index (χ1) is 22.8. The van der Waals surface area contributed by atoms with Gasteiger partial charge in [0.2, 0.25) is 0 Å². The molecule has 0 aliphatic heterocycles. The normalized spacial score (nSPS) is 11.2. The Bertz CT molecular complexity index is 1720. The van der Waals surface area contributed by atoms with E-state index in [-0.39, 0.29) is 0 Å². The third kappa shape index (κ3) is 10.0. The van der Waals surface area contributed by atoms with Crippen LogP contribution in [0.4, 0.5) is 0 Å². The number of aryl methyl sites for hydroxylation is 1. The Morgan fingerprint density at radius 2 is 0.870 bits per heavy atom. The van der Waals surface area contributed by atoms with Crippen molar-refractivity contribution >= 4 is 33.7 Å². The molecule has 0 unspecified atom stereocenters. The lowest BCUT2D eigenvalue weighted by Crippen LogP contribution is -1.92. The van der Waals surface area contributed by atoms with Crippen molar-refractivity contribution in [3.63, 3.8) is 0 Å². The van der Waals surface area contributed by atoms with E-state index >= 15 is 0 Å². The summed E-state index contributed by atoms with van der Waals surface area (Å²) in [6, 6.07) is 49.8. The Labute approximate surface area is 277 Å². The minimum atomic E-state index is 1.18. The zero-order chi connectivity index (χ0) is 31.7. The highest BCUT2D eigenvalue weighted by atomic mass is 14.1. The summed E-state index contributed by atoms with van der Waals surface area (Å²) in [4.78, 5) is 0. The van der Waals surface area contributed by atoms with Crippen molar-refractivity contribution in [1.29, 1.82) is 0 Å². The lowest BCUT2D eigenvalue weighted by Gasteiger charge is -2.13. The van der Waals surface area contributed by atoms with E-state index in [0.29, 0.717) is 0 Å². The second-order valence-corrected chi connectivity index (χ2v) is 12.5. The summed E-state index contributed by atoms with van der Waals surface area (Å²) in [7, 11) is 0. The summed E-state index contributed by atoms with van der Waals surface area (Å²) in [5, 5.41) is 5.33. The molecule has 234 valence electrons. The molecule has 0 atom stereocenters. The van der Waals surface area contributed by atoms with E-state index in [4.69, 9.17) is 0 Å². The highest BCUT2D eigenvalue weighted by molar-refractivity contribution is 6.05. The summed E-state index contributed by atoms with van der Waals surface area (Å²) in [5.74, 6) is 0. The summed E-state index contributed by atoms with van der Waals surface area (Å²) >= 11 is 0. The predicted octanol–water partition coefficient (Wildman–Crippen LogP) is 14.0. The molecule has 0 radical (unpaired) electrons. The number of benzene rings is 6. The van der Waals surface area contributed by atoms with Crippen LogP contribution in [0.2, 0.25) is 0 Å². The molecule has 0 heteroatoms. The Balaban J connectivity index is 0.000000247. The summed E-state index contributed by atoms with van der Waals surface area (Å²) in [5.41, 5.74) is 6.74. The standard InChI is InChI=1S/C32H38.C14H12/c1-2-3-4-5-6-7-8-9-10-11-17-26-18-14-15-22-30(26)31-23-16-21-29-24-27-19-12-13-20-28(27)25-32(29)31;1-3-7-13(8-4-1)11-12-14-9-5-2-6-10-14/h12-16,18-25H,2-11,17H2,1H3;1-12H. The van der Waals surface area contributed by atoms with Crippen molar-refractivity contribution in [3.8, 4) is 11.1 Å². The first-order valence-electron chi connectivity index (χ1n) is 17.6. The Morgan fingerprint density at radius 1 is 0.391 bits per heavy atom. The van der Waals surface area contributed by atoms with Crippen molar-refractivity contribution in [2.45, 2.75) is 77.6 Å². The zero-order valence-corrected chi connectivity index (χ0v) is 27.7. The molecule has 0 bridgehead atoms. The number of rotatable bonds is 14. The molecular weight excluding hydrogens is 553 g/mol. The fourth-order valence-electron chi connectivity index (χ4n) is 6.33. The van der Waals surface area contributed by atoms with Crippen LogP contribution in [0, 0.1) is 0 Å². The predicted molar refractivity (Wildman–Crippen MR) is 204 cm³/mol. The Kier molecular flexibility index (Phi) is 13.3. The fourth-order valence-corrected chi connectivity index (χ4v) is 6.33. The van der Waals surface area contributed by atoms with Crippen LogP contribution in [0.1, 0.15) is 87.8 Å². The second-order valence-electron chi connectivity index (χ2n) is 12.5. The summed E-state index contributed by atoms with van der Waals surface area (Å²) < 4.78 is 0. The van der Waals surface area contributed by atoms with Crippen molar-refractivity contribution in [2.24, 2.45) is 0 Å². The molecule has 0 aliphatic rings. The number of unbranched alkanes of at least 4 members (excludes halogenated alkanes) is 9. The molecule has 6 rings (SSSR count). The van der Waals surface area contributed by atoms with Crippen molar-refractivity contribution in [1.82, 2.24) is 0 Å². The Morgan fingerprint density at radius 3 is 1.50 bits per heavy atom. The molecule has 6 aromatic rings. The van der Waals surface area contributed by atoms with E-state index < -0.39 is 0 Å². The van der Waals surface area contributed by atoms with Gasteiger partial charge in [-0.15, -0.1) is 0 Å². The van der Waals surface area contributed by atoms with Crippen LogP contribution in [0.15, 0.2) is 140 Å². The van der Waals surface area contributed by atoms with Crippen LogP contribution >= 0.6 is 0 Å². The van der Waals surface area contributed by atoms with Gasteiger partial charge in [-0.2, -0.15) is 0 Å². The number of hydrogen-bond donors (Lipinski definition) is 0. The van der Waals surface area contributed by atoms with Crippen molar-refractivity contribution in [2.75, 3.05) is 0 Å². The monoisotopic (exact) mass is 602 g/mol. The van der Waals surface area contributed by atoms with Gasteiger partial charge in [0, 0.05) is 0 Å². The third-order valence-electron chi connectivity index (χ3n) is 8.92. The molecule has 0 N–H and O–H groups in total. The molecule has 0 aromatic heterocycles. The maximum absolute atomic E-state index is 2.37. The molecule has 0 aliphatic carbocycles. The minimum absolute atomic E-state index is 1.18. The molecule has 0 spiro atoms. The zero-order valence-electron chi connectivity index (χ0n) is 27.7. The average Bonchev–Trinajstić information content (AvgIpc) is 3.12. The molecule has 0 fully saturated rings. The van der Waals surface area contributed by atoms with Gasteiger partial charge in [-0.25, -0.2) is 0 Å². The summed E-state index contributed by atoms with van der Waals surface area (Å²) in [6.45, 7) is 2.29. The molecular formula is C46H50. The van der Waals surface area contributed by atoms with Crippen LogP contribution in [0.5, 0.6) is 0 Å². The highest BCUT2D eigenvalue weighted by Crippen LogP contribution is 2.34. The molecule has 0 saturated heterocycles. The molecule has 0 amide bonds. The molecule has 6 aromatic carbocycles. The Hall–Kier alpha value is -4.42. The lowest BCUT2D eigenvalue weighted by atomic mass is 9.91. The lowest BCUT2D eigenvalue weighted by molar-refractivity contribution is 0.556. The SMILES string of the molecule is C(=Cc1ccccc1)c1ccccc1.CCCCCCCCCCCCc1ccccc1-c1cccc2cc3ccccc3cc12. The first kappa shape index (κ1) is 33.0. The topological polar surface area (TPSA) is 0 Å². The van der Waals surface area contributed by atoms with Gasteiger partial charge in [-0.3, -0.25) is 0 Å². The van der Waals surface area contributed by atoms with Crippen molar-refractivity contribution < 1.29 is 0 Å². The molecule has 0 heterocycles. The van der Waals surface area contributed by atoms with Gasteiger partial charge < -0.3 is 0 Å². The van der Waals surface area contributed by atoms with Crippen LogP contribution < -0.4 is 0 Å². The number of fused-ring (bicyclic) bond motifs is 2. The number of hydrogen-bond acceptors (Lipinski definition) is 0. The van der Waals surface area contributed by atoms with E-state index in [2.05, 4.69) is 122 Å².